The van der Waals surface area contributed by atoms with Gasteiger partial charge in [-0.05, 0) is 37.9 Å². The fourth-order valence-electron chi connectivity index (χ4n) is 2.97. The number of aromatic nitrogens is 2. The molecular weight excluding hydrogens is 482 g/mol. The minimum atomic E-state index is -4.09. The van der Waals surface area contributed by atoms with E-state index in [1.807, 2.05) is 6.07 Å². The quantitative estimate of drug-likeness (QED) is 0.161. The van der Waals surface area contributed by atoms with Crippen LogP contribution in [-0.2, 0) is 14.6 Å². The van der Waals surface area contributed by atoms with Crippen LogP contribution in [0.1, 0.15) is 24.8 Å². The van der Waals surface area contributed by atoms with Crippen LogP contribution in [0, 0.1) is 21.4 Å². The average Bonchev–Trinajstić information content (AvgIpc) is 2.77. The van der Waals surface area contributed by atoms with Crippen LogP contribution in [0.5, 0.6) is 11.6 Å². The molecule has 35 heavy (non-hydrogen) atoms. The molecule has 188 valence electrons. The first-order chi connectivity index (χ1) is 16.4. The van der Waals surface area contributed by atoms with Crippen LogP contribution in [-0.4, -0.2) is 67.3 Å². The van der Waals surface area contributed by atoms with E-state index in [1.165, 1.54) is 18.2 Å². The van der Waals surface area contributed by atoms with Crippen molar-refractivity contribution in [3.63, 3.8) is 0 Å². The summed E-state index contributed by atoms with van der Waals surface area (Å²) in [6.45, 7) is 0.326. The minimum absolute atomic E-state index is 0.0148. The zero-order valence-electron chi connectivity index (χ0n) is 19.3. The van der Waals surface area contributed by atoms with Crippen LogP contribution in [0.4, 0.5) is 17.2 Å². The molecule has 0 aliphatic carbocycles. The summed E-state index contributed by atoms with van der Waals surface area (Å²) in [5.74, 6) is -2.71. The van der Waals surface area contributed by atoms with Gasteiger partial charge in [-0.1, -0.05) is 0 Å². The Morgan fingerprint density at radius 1 is 1.37 bits per heavy atom. The predicted octanol–water partition coefficient (Wildman–Crippen LogP) is 1.51. The van der Waals surface area contributed by atoms with Crippen molar-refractivity contribution in [1.29, 1.82) is 5.26 Å². The number of sulfone groups is 1. The Morgan fingerprint density at radius 3 is 2.57 bits per heavy atom. The van der Waals surface area contributed by atoms with Gasteiger partial charge in [0.05, 0.1) is 22.2 Å². The molecule has 0 bridgehead atoms. The number of anilines is 2. The monoisotopic (exact) mass is 507 g/mol. The highest BCUT2D eigenvalue weighted by Gasteiger charge is 2.32. The van der Waals surface area contributed by atoms with Crippen molar-refractivity contribution in [2.45, 2.75) is 30.5 Å². The van der Waals surface area contributed by atoms with Crippen molar-refractivity contribution in [3.8, 4) is 17.7 Å². The van der Waals surface area contributed by atoms with Crippen LogP contribution < -0.4 is 20.7 Å². The highest BCUT2D eigenvalue weighted by atomic mass is 32.2. The highest BCUT2D eigenvalue weighted by Crippen LogP contribution is 2.39. The summed E-state index contributed by atoms with van der Waals surface area (Å²) < 4.78 is 30.1. The molecule has 0 aliphatic rings. The van der Waals surface area contributed by atoms with Crippen LogP contribution in [0.15, 0.2) is 23.4 Å². The van der Waals surface area contributed by atoms with Crippen LogP contribution in [0.2, 0.25) is 0 Å². The van der Waals surface area contributed by atoms with Crippen molar-refractivity contribution in [2.24, 2.45) is 5.73 Å². The fraction of sp³-hybridized carbons (Fsp3) is 0.400. The van der Waals surface area contributed by atoms with Gasteiger partial charge in [-0.15, -0.1) is 0 Å². The van der Waals surface area contributed by atoms with E-state index in [4.69, 9.17) is 10.5 Å². The summed E-state index contributed by atoms with van der Waals surface area (Å²) in [7, 11) is -0.764. The number of aliphatic carboxylic acids is 1. The summed E-state index contributed by atoms with van der Waals surface area (Å²) in [4.78, 5) is 31.9. The largest absolute Gasteiger partial charge is 0.480 e. The maximum atomic E-state index is 12.2. The van der Waals surface area contributed by atoms with Gasteiger partial charge in [0.2, 0.25) is 15.7 Å². The first kappa shape index (κ1) is 27.2. The molecule has 1 aromatic heterocycles. The number of carboxylic acid groups (broad SMARTS) is 1. The lowest BCUT2D eigenvalue weighted by molar-refractivity contribution is -0.385. The van der Waals surface area contributed by atoms with E-state index in [-0.39, 0.29) is 17.7 Å². The van der Waals surface area contributed by atoms with Crippen molar-refractivity contribution in [2.75, 3.05) is 37.1 Å². The molecule has 14 nitrogen and oxygen atoms in total. The van der Waals surface area contributed by atoms with Crippen molar-refractivity contribution in [1.82, 2.24) is 9.97 Å². The molecule has 1 heterocycles. The van der Waals surface area contributed by atoms with Gasteiger partial charge < -0.3 is 25.8 Å². The van der Waals surface area contributed by atoms with Crippen molar-refractivity contribution in [3.05, 3.63) is 33.9 Å². The average molecular weight is 508 g/mol. The highest BCUT2D eigenvalue weighted by molar-refractivity contribution is 7.90. The Morgan fingerprint density at radius 2 is 2.06 bits per heavy atom. The second-order valence-corrected chi connectivity index (χ2v) is 9.56. The summed E-state index contributed by atoms with van der Waals surface area (Å²) in [6, 6.07) is 4.94. The van der Waals surface area contributed by atoms with Gasteiger partial charge in [0.1, 0.15) is 6.04 Å². The van der Waals surface area contributed by atoms with Gasteiger partial charge in [0.25, 0.3) is 5.16 Å². The number of benzene rings is 1. The summed E-state index contributed by atoms with van der Waals surface area (Å²) in [5.41, 5.74) is 5.16. The first-order valence-electron chi connectivity index (χ1n) is 10.2. The number of rotatable bonds is 12. The van der Waals surface area contributed by atoms with E-state index in [0.29, 0.717) is 25.1 Å². The Bertz CT molecular complexity index is 1260. The third-order valence-corrected chi connectivity index (χ3v) is 5.52. The Labute approximate surface area is 201 Å². The molecule has 4 N–H and O–H groups in total. The zero-order chi connectivity index (χ0) is 26.3. The van der Waals surface area contributed by atoms with E-state index in [9.17, 15) is 33.7 Å². The van der Waals surface area contributed by atoms with Gasteiger partial charge in [0.15, 0.2) is 5.75 Å². The molecule has 0 aliphatic heterocycles. The third kappa shape index (κ3) is 6.98. The zero-order valence-corrected chi connectivity index (χ0v) is 20.1. The van der Waals surface area contributed by atoms with Gasteiger partial charge >= 0.3 is 17.5 Å². The summed E-state index contributed by atoms with van der Waals surface area (Å²) >= 11 is 0. The predicted molar refractivity (Wildman–Crippen MR) is 125 cm³/mol. The topological polar surface area (TPSA) is 215 Å². The SMILES string of the molecule is CN(C)c1ccc(C#N)cc1Oc1nc(S(C)(=O)=O)nc(NC(CCCCN)C(=O)O)c1[N+](=O)[O-]. The van der Waals surface area contributed by atoms with E-state index in [1.54, 1.807) is 19.0 Å². The number of unbranched alkanes of at least 4 members (excludes halogenated alkanes) is 1. The number of nitriles is 1. The summed E-state index contributed by atoms with van der Waals surface area (Å²) in [5, 5.41) is 32.4. The lowest BCUT2D eigenvalue weighted by atomic mass is 10.1. The third-order valence-electron chi connectivity index (χ3n) is 4.68. The normalized spacial score (nSPS) is 11.9. The number of hydrogen-bond acceptors (Lipinski definition) is 12. The summed E-state index contributed by atoms with van der Waals surface area (Å²) in [6.07, 6.45) is 1.75. The molecular formula is C20H25N7O7S. The lowest BCUT2D eigenvalue weighted by Crippen LogP contribution is -2.30. The molecule has 1 unspecified atom stereocenters. The van der Waals surface area contributed by atoms with Crippen molar-refractivity contribution < 1.29 is 28.0 Å². The maximum Gasteiger partial charge on any atom is 0.373 e. The second kappa shape index (κ2) is 11.4. The molecule has 0 radical (unpaired) electrons. The van der Waals surface area contributed by atoms with Crippen LogP contribution in [0.3, 0.4) is 0 Å². The molecule has 0 saturated carbocycles. The van der Waals surface area contributed by atoms with E-state index in [0.717, 1.165) is 6.26 Å². The lowest BCUT2D eigenvalue weighted by Gasteiger charge is -2.19. The number of hydrogen-bond donors (Lipinski definition) is 3. The smallest absolute Gasteiger partial charge is 0.373 e. The Kier molecular flexibility index (Phi) is 8.87. The number of carboxylic acids is 1. The number of nitrogens with two attached hydrogens (primary N) is 1. The maximum absolute atomic E-state index is 12.2. The fourth-order valence-corrected chi connectivity index (χ4v) is 3.48. The standard InChI is InChI=1S/C20H25N7O7S/c1-26(2)14-8-7-12(11-22)10-15(14)34-18-16(27(30)31)17(24-20(25-18)35(3,32)33)23-13(19(28)29)6-4-5-9-21/h7-8,10,13H,4-6,9,21H2,1-3H3,(H,28,29)(H,23,24,25). The number of carbonyl (C=O) groups is 1. The Hall–Kier alpha value is -4.03. The van der Waals surface area contributed by atoms with Crippen LogP contribution >= 0.6 is 0 Å². The number of nitrogens with zero attached hydrogens (tertiary/aromatic N) is 5. The molecule has 0 amide bonds. The van der Waals surface area contributed by atoms with Gasteiger partial charge in [-0.25, -0.2) is 13.2 Å². The number of nitrogens with one attached hydrogen (secondary N) is 1. The molecule has 0 saturated heterocycles. The minimum Gasteiger partial charge on any atom is -0.480 e. The van der Waals surface area contributed by atoms with E-state index < -0.39 is 49.3 Å². The first-order valence-corrected chi connectivity index (χ1v) is 12.1. The van der Waals surface area contributed by atoms with Crippen LogP contribution in [0.25, 0.3) is 0 Å². The van der Waals surface area contributed by atoms with E-state index in [2.05, 4.69) is 15.3 Å². The number of ether oxygens (including phenoxy) is 1. The molecule has 1 atom stereocenters. The number of nitro groups is 1. The molecule has 2 aromatic rings. The Balaban J connectivity index is 2.71. The second-order valence-electron chi connectivity index (χ2n) is 7.65. The van der Waals surface area contributed by atoms with Gasteiger partial charge in [-0.2, -0.15) is 15.2 Å². The molecule has 2 rings (SSSR count). The molecule has 1 aromatic carbocycles. The molecule has 15 heteroatoms. The van der Waals surface area contributed by atoms with E-state index >= 15 is 0 Å². The van der Waals surface area contributed by atoms with Gasteiger partial charge in [0, 0.05) is 26.4 Å². The molecule has 0 spiro atoms. The van der Waals surface area contributed by atoms with Crippen molar-refractivity contribution >= 4 is 33.0 Å². The molecule has 0 fully saturated rings. The van der Waals surface area contributed by atoms with Gasteiger partial charge in [-0.3, -0.25) is 10.1 Å².